The van der Waals surface area contributed by atoms with Crippen LogP contribution in [0.4, 0.5) is 26.3 Å². The van der Waals surface area contributed by atoms with Crippen molar-refractivity contribution in [2.24, 2.45) is 0 Å². The van der Waals surface area contributed by atoms with Gasteiger partial charge in [0.05, 0.1) is 6.26 Å². The topological polar surface area (TPSA) is 9.23 Å². The molecule has 15 heavy (non-hydrogen) atoms. The summed E-state index contributed by atoms with van der Waals surface area (Å²) < 4.78 is 76.1. The molecule has 0 spiro atoms. The van der Waals surface area contributed by atoms with Gasteiger partial charge in [-0.3, -0.25) is 0 Å². The Balaban J connectivity index is 4.99. The van der Waals surface area contributed by atoms with Crippen LogP contribution in [0.15, 0.2) is 11.8 Å². The zero-order valence-electron chi connectivity index (χ0n) is 8.25. The molecule has 0 aliphatic carbocycles. The van der Waals surface area contributed by atoms with Crippen LogP contribution in [0, 0.1) is 0 Å². The Kier molecular flexibility index (Phi) is 3.89. The van der Waals surface area contributed by atoms with Crippen molar-refractivity contribution in [2.45, 2.75) is 32.0 Å². The summed E-state index contributed by atoms with van der Waals surface area (Å²) in [5, 5.41) is 0. The van der Waals surface area contributed by atoms with Crippen molar-refractivity contribution >= 4 is 8.32 Å². The highest BCUT2D eigenvalue weighted by molar-refractivity contribution is 6.69. The maximum absolute atomic E-state index is 11.9. The average Bonchev–Trinajstić information content (AvgIpc) is 1.75. The molecule has 0 aromatic rings. The molecule has 0 aliphatic heterocycles. The minimum atomic E-state index is -5.45. The third-order valence-corrected chi connectivity index (χ3v) is 1.97. The second-order valence-corrected chi connectivity index (χ2v) is 8.22. The van der Waals surface area contributed by atoms with Crippen molar-refractivity contribution in [1.29, 1.82) is 0 Å². The fourth-order valence-corrected chi connectivity index (χ4v) is 1.00. The molecule has 0 rings (SSSR count). The van der Waals surface area contributed by atoms with Crippen LogP contribution in [0.2, 0.25) is 19.6 Å². The summed E-state index contributed by atoms with van der Waals surface area (Å²) in [5.74, 6) is 0. The maximum Gasteiger partial charge on any atom is 0.424 e. The molecule has 0 aromatic carbocycles. The van der Waals surface area contributed by atoms with Gasteiger partial charge in [0.15, 0.2) is 5.57 Å². The van der Waals surface area contributed by atoms with E-state index in [2.05, 4.69) is 4.43 Å². The Morgan fingerprint density at radius 1 is 0.933 bits per heavy atom. The molecular formula is C7H10F6OSi. The minimum Gasteiger partial charge on any atom is -0.549 e. The first kappa shape index (κ1) is 14.3. The van der Waals surface area contributed by atoms with Crippen molar-refractivity contribution in [3.05, 3.63) is 11.8 Å². The zero-order valence-corrected chi connectivity index (χ0v) is 9.25. The van der Waals surface area contributed by atoms with E-state index >= 15 is 0 Å². The molecule has 0 saturated carbocycles. The summed E-state index contributed by atoms with van der Waals surface area (Å²) in [7, 11) is -2.45. The van der Waals surface area contributed by atoms with Gasteiger partial charge in [0, 0.05) is 0 Å². The maximum atomic E-state index is 11.9. The largest absolute Gasteiger partial charge is 0.549 e. The van der Waals surface area contributed by atoms with Crippen molar-refractivity contribution in [1.82, 2.24) is 0 Å². The van der Waals surface area contributed by atoms with Crippen LogP contribution in [-0.2, 0) is 4.43 Å². The number of alkyl halides is 6. The molecule has 0 N–H and O–H groups in total. The number of hydrogen-bond acceptors (Lipinski definition) is 1. The Bertz CT molecular complexity index is 230. The van der Waals surface area contributed by atoms with Gasteiger partial charge in [-0.2, -0.15) is 26.3 Å². The highest BCUT2D eigenvalue weighted by Crippen LogP contribution is 2.38. The van der Waals surface area contributed by atoms with E-state index in [9.17, 15) is 26.3 Å². The van der Waals surface area contributed by atoms with E-state index < -0.39 is 26.2 Å². The first-order chi connectivity index (χ1) is 6.34. The Labute approximate surface area is 83.9 Å². The fraction of sp³-hybridized carbons (Fsp3) is 0.714. The van der Waals surface area contributed by atoms with Crippen molar-refractivity contribution in [3.8, 4) is 0 Å². The number of rotatable bonds is 2. The third kappa shape index (κ3) is 5.70. The molecule has 0 saturated heterocycles. The quantitative estimate of drug-likeness (QED) is 0.412. The zero-order chi connectivity index (χ0) is 12.5. The van der Waals surface area contributed by atoms with E-state index in [4.69, 9.17) is 0 Å². The van der Waals surface area contributed by atoms with Gasteiger partial charge < -0.3 is 4.43 Å². The SMILES string of the molecule is C[Si](C)(C)OC=C(C(F)(F)F)C(F)(F)F. The molecule has 90 valence electrons. The monoisotopic (exact) mass is 252 g/mol. The van der Waals surface area contributed by atoms with Crippen molar-refractivity contribution in [2.75, 3.05) is 0 Å². The van der Waals surface area contributed by atoms with Crippen LogP contribution in [0.3, 0.4) is 0 Å². The van der Waals surface area contributed by atoms with Crippen LogP contribution in [-0.4, -0.2) is 20.7 Å². The lowest BCUT2D eigenvalue weighted by molar-refractivity contribution is -0.173. The van der Waals surface area contributed by atoms with E-state index in [0.717, 1.165) is 0 Å². The van der Waals surface area contributed by atoms with Gasteiger partial charge in [-0.1, -0.05) is 0 Å². The van der Waals surface area contributed by atoms with E-state index in [1.54, 1.807) is 0 Å². The molecule has 0 atom stereocenters. The van der Waals surface area contributed by atoms with Gasteiger partial charge in [-0.05, 0) is 19.6 Å². The van der Waals surface area contributed by atoms with Crippen LogP contribution in [0.25, 0.3) is 0 Å². The standard InChI is InChI=1S/C7H10F6OSi/c1-15(2,3)14-4-5(6(8,9)10)7(11,12)13/h4H,1-3H3. The van der Waals surface area contributed by atoms with Crippen molar-refractivity contribution in [3.63, 3.8) is 0 Å². The smallest absolute Gasteiger partial charge is 0.424 e. The first-order valence-corrected chi connectivity index (χ1v) is 7.27. The van der Waals surface area contributed by atoms with Gasteiger partial charge >= 0.3 is 12.4 Å². The summed E-state index contributed by atoms with van der Waals surface area (Å²) in [4.78, 5) is 0. The second kappa shape index (κ2) is 4.07. The molecule has 0 unspecified atom stereocenters. The minimum absolute atomic E-state index is 0.230. The third-order valence-electron chi connectivity index (χ3n) is 1.14. The normalized spacial score (nSPS) is 13.7. The molecular weight excluding hydrogens is 242 g/mol. The summed E-state index contributed by atoms with van der Waals surface area (Å²) in [6.45, 7) is 4.44. The molecule has 0 heterocycles. The lowest BCUT2D eigenvalue weighted by atomic mass is 10.3. The molecule has 0 radical (unpaired) electrons. The van der Waals surface area contributed by atoms with Gasteiger partial charge in [-0.25, -0.2) is 0 Å². The summed E-state index contributed by atoms with van der Waals surface area (Å²) in [6, 6.07) is 0. The lowest BCUT2D eigenvalue weighted by Crippen LogP contribution is -2.29. The summed E-state index contributed by atoms with van der Waals surface area (Å²) >= 11 is 0. The van der Waals surface area contributed by atoms with Crippen molar-refractivity contribution < 1.29 is 30.8 Å². The van der Waals surface area contributed by atoms with E-state index in [1.165, 1.54) is 19.6 Å². The molecule has 1 nitrogen and oxygen atoms in total. The lowest BCUT2D eigenvalue weighted by Gasteiger charge is -2.19. The Morgan fingerprint density at radius 2 is 1.27 bits per heavy atom. The number of halogens is 6. The predicted molar refractivity (Wildman–Crippen MR) is 44.6 cm³/mol. The van der Waals surface area contributed by atoms with Crippen LogP contribution in [0.5, 0.6) is 0 Å². The van der Waals surface area contributed by atoms with E-state index in [1.807, 2.05) is 0 Å². The van der Waals surface area contributed by atoms with Gasteiger partial charge in [0.1, 0.15) is 0 Å². The summed E-state index contributed by atoms with van der Waals surface area (Å²) in [6.07, 6.45) is -11.1. The van der Waals surface area contributed by atoms with E-state index in [0.29, 0.717) is 0 Å². The van der Waals surface area contributed by atoms with Crippen LogP contribution in [0.1, 0.15) is 0 Å². The highest BCUT2D eigenvalue weighted by Gasteiger charge is 2.51. The van der Waals surface area contributed by atoms with E-state index in [-0.39, 0.29) is 6.26 Å². The van der Waals surface area contributed by atoms with Crippen LogP contribution >= 0.6 is 0 Å². The summed E-state index contributed by atoms with van der Waals surface area (Å²) in [5.41, 5.74) is -2.61. The predicted octanol–water partition coefficient (Wildman–Crippen LogP) is 3.85. The second-order valence-electron chi connectivity index (χ2n) is 3.76. The Morgan fingerprint density at radius 3 is 1.47 bits per heavy atom. The molecule has 0 aromatic heterocycles. The number of hydrogen-bond donors (Lipinski definition) is 0. The average molecular weight is 252 g/mol. The molecule has 0 aliphatic rings. The fourth-order valence-electron chi connectivity index (χ4n) is 0.530. The molecule has 0 amide bonds. The number of allylic oxidation sites excluding steroid dienone is 1. The molecule has 0 fully saturated rings. The van der Waals surface area contributed by atoms with Crippen LogP contribution < -0.4 is 0 Å². The molecule has 0 bridgehead atoms. The highest BCUT2D eigenvalue weighted by atomic mass is 28.4. The van der Waals surface area contributed by atoms with Gasteiger partial charge in [0.25, 0.3) is 0 Å². The molecule has 8 heteroatoms. The van der Waals surface area contributed by atoms with Gasteiger partial charge in [-0.15, -0.1) is 0 Å². The Hall–Kier alpha value is -0.663. The van der Waals surface area contributed by atoms with Gasteiger partial charge in [0.2, 0.25) is 8.32 Å². The first-order valence-electron chi connectivity index (χ1n) is 3.86.